The molecule has 0 aliphatic rings. The molecular weight excluding hydrogens is 332 g/mol. The van der Waals surface area contributed by atoms with Gasteiger partial charge in [0.15, 0.2) is 0 Å². The molecule has 1 amide bonds. The van der Waals surface area contributed by atoms with E-state index in [-0.39, 0.29) is 5.91 Å². The van der Waals surface area contributed by atoms with Gasteiger partial charge in [0, 0.05) is 31.9 Å². The van der Waals surface area contributed by atoms with Gasteiger partial charge in [-0.25, -0.2) is 9.67 Å². The van der Waals surface area contributed by atoms with Gasteiger partial charge in [-0.3, -0.25) is 4.79 Å². The lowest BCUT2D eigenvalue weighted by Crippen LogP contribution is -2.26. The molecule has 0 radical (unpaired) electrons. The summed E-state index contributed by atoms with van der Waals surface area (Å²) < 4.78 is 1.81. The van der Waals surface area contributed by atoms with Gasteiger partial charge in [-0.2, -0.15) is 5.10 Å². The van der Waals surface area contributed by atoms with Crippen LogP contribution in [0.15, 0.2) is 42.7 Å². The summed E-state index contributed by atoms with van der Waals surface area (Å²) >= 11 is 1.50. The molecule has 0 saturated heterocycles. The Bertz CT molecular complexity index is 850. The molecular formula is C19H22N4OS. The number of nitrogens with zero attached hydrogens (tertiary/aromatic N) is 4. The standard InChI is InChI=1S/C19H22N4OS/c1-13(2)18-21-14(3)17(25-18)19(24)22(4)12-15-6-8-16(9-7-15)23-11-5-10-20-23/h5-11,13H,12H2,1-4H3. The minimum atomic E-state index is 0.0260. The maximum Gasteiger partial charge on any atom is 0.265 e. The number of benzene rings is 1. The van der Waals surface area contributed by atoms with E-state index < -0.39 is 0 Å². The zero-order valence-electron chi connectivity index (χ0n) is 14.9. The number of rotatable bonds is 5. The number of hydrogen-bond donors (Lipinski definition) is 0. The van der Waals surface area contributed by atoms with Crippen LogP contribution >= 0.6 is 11.3 Å². The molecule has 0 atom stereocenters. The highest BCUT2D eigenvalue weighted by atomic mass is 32.1. The maximum absolute atomic E-state index is 12.7. The third-order valence-corrected chi connectivity index (χ3v) is 5.42. The largest absolute Gasteiger partial charge is 0.337 e. The van der Waals surface area contributed by atoms with Crippen LogP contribution in [0.2, 0.25) is 0 Å². The van der Waals surface area contributed by atoms with Crippen molar-refractivity contribution in [3.05, 3.63) is 63.9 Å². The summed E-state index contributed by atoms with van der Waals surface area (Å²) in [6, 6.07) is 9.97. The minimum Gasteiger partial charge on any atom is -0.337 e. The Labute approximate surface area is 151 Å². The van der Waals surface area contributed by atoms with Crippen molar-refractivity contribution >= 4 is 17.2 Å². The Hall–Kier alpha value is -2.47. The zero-order valence-corrected chi connectivity index (χ0v) is 15.7. The van der Waals surface area contributed by atoms with E-state index >= 15 is 0 Å². The van der Waals surface area contributed by atoms with Crippen LogP contribution in [0.1, 0.15) is 45.7 Å². The average molecular weight is 354 g/mol. The van der Waals surface area contributed by atoms with E-state index in [0.717, 1.165) is 26.8 Å². The number of amides is 1. The van der Waals surface area contributed by atoms with Crippen LogP contribution in [0.5, 0.6) is 0 Å². The summed E-state index contributed by atoms with van der Waals surface area (Å²) in [5.74, 6) is 0.364. The lowest BCUT2D eigenvalue weighted by atomic mass is 10.2. The predicted octanol–water partition coefficient (Wildman–Crippen LogP) is 4.03. The molecule has 0 fully saturated rings. The van der Waals surface area contributed by atoms with Gasteiger partial charge in [0.25, 0.3) is 5.91 Å². The van der Waals surface area contributed by atoms with Crippen molar-refractivity contribution in [2.45, 2.75) is 33.2 Å². The molecule has 5 nitrogen and oxygen atoms in total. The number of carbonyl (C=O) groups is 1. The van der Waals surface area contributed by atoms with E-state index in [2.05, 4.69) is 23.9 Å². The topological polar surface area (TPSA) is 51.0 Å². The summed E-state index contributed by atoms with van der Waals surface area (Å²) in [4.78, 5) is 19.7. The van der Waals surface area contributed by atoms with Gasteiger partial charge >= 0.3 is 0 Å². The first kappa shape index (κ1) is 17.4. The fourth-order valence-electron chi connectivity index (χ4n) is 2.56. The Kier molecular flexibility index (Phi) is 4.99. The lowest BCUT2D eigenvalue weighted by molar-refractivity contribution is 0.0789. The Balaban J connectivity index is 1.71. The third kappa shape index (κ3) is 3.79. The van der Waals surface area contributed by atoms with Crippen molar-refractivity contribution in [3.63, 3.8) is 0 Å². The molecule has 25 heavy (non-hydrogen) atoms. The van der Waals surface area contributed by atoms with Gasteiger partial charge in [0.05, 0.1) is 16.4 Å². The van der Waals surface area contributed by atoms with Crippen LogP contribution < -0.4 is 0 Å². The van der Waals surface area contributed by atoms with Crippen LogP contribution in [-0.2, 0) is 6.54 Å². The van der Waals surface area contributed by atoms with Crippen molar-refractivity contribution in [2.24, 2.45) is 0 Å². The summed E-state index contributed by atoms with van der Waals surface area (Å²) in [6.07, 6.45) is 3.66. The molecule has 2 heterocycles. The SMILES string of the molecule is Cc1nc(C(C)C)sc1C(=O)N(C)Cc1ccc(-n2cccn2)cc1. The highest BCUT2D eigenvalue weighted by molar-refractivity contribution is 7.13. The minimum absolute atomic E-state index is 0.0260. The zero-order chi connectivity index (χ0) is 18.0. The summed E-state index contributed by atoms with van der Waals surface area (Å²) in [7, 11) is 1.83. The van der Waals surface area contributed by atoms with Crippen molar-refractivity contribution in [2.75, 3.05) is 7.05 Å². The normalized spacial score (nSPS) is 11.1. The molecule has 3 aromatic rings. The van der Waals surface area contributed by atoms with E-state index in [9.17, 15) is 4.79 Å². The van der Waals surface area contributed by atoms with Crippen LogP contribution in [-0.4, -0.2) is 32.6 Å². The first-order chi connectivity index (χ1) is 12.0. The molecule has 0 saturated carbocycles. The van der Waals surface area contributed by atoms with Gasteiger partial charge < -0.3 is 4.90 Å². The van der Waals surface area contributed by atoms with Crippen LogP contribution in [0.3, 0.4) is 0 Å². The van der Waals surface area contributed by atoms with Gasteiger partial charge in [0.2, 0.25) is 0 Å². The molecule has 0 unspecified atom stereocenters. The molecule has 0 aliphatic carbocycles. The third-order valence-electron chi connectivity index (χ3n) is 3.97. The second-order valence-corrected chi connectivity index (χ2v) is 7.43. The van der Waals surface area contributed by atoms with Crippen LogP contribution in [0.4, 0.5) is 0 Å². The Morgan fingerprint density at radius 1 is 1.28 bits per heavy atom. The molecule has 3 rings (SSSR count). The quantitative estimate of drug-likeness (QED) is 0.695. The highest BCUT2D eigenvalue weighted by Crippen LogP contribution is 2.25. The second-order valence-electron chi connectivity index (χ2n) is 6.40. The van der Waals surface area contributed by atoms with Crippen molar-refractivity contribution in [1.82, 2.24) is 19.7 Å². The fraction of sp³-hybridized carbons (Fsp3) is 0.316. The fourth-order valence-corrected chi connectivity index (χ4v) is 3.62. The van der Waals surface area contributed by atoms with Crippen LogP contribution in [0, 0.1) is 6.92 Å². The van der Waals surface area contributed by atoms with Crippen LogP contribution in [0.25, 0.3) is 5.69 Å². The molecule has 6 heteroatoms. The Morgan fingerprint density at radius 3 is 2.56 bits per heavy atom. The summed E-state index contributed by atoms with van der Waals surface area (Å²) in [6.45, 7) is 6.66. The number of carbonyl (C=O) groups excluding carboxylic acids is 1. The molecule has 1 aromatic carbocycles. The molecule has 130 valence electrons. The monoisotopic (exact) mass is 354 g/mol. The lowest BCUT2D eigenvalue weighted by Gasteiger charge is -2.17. The molecule has 0 spiro atoms. The van der Waals surface area contributed by atoms with E-state index in [4.69, 9.17) is 0 Å². The predicted molar refractivity (Wildman–Crippen MR) is 100 cm³/mol. The number of thiazole rings is 1. The number of aryl methyl sites for hydroxylation is 1. The maximum atomic E-state index is 12.7. The first-order valence-electron chi connectivity index (χ1n) is 8.27. The van der Waals surface area contributed by atoms with Gasteiger partial charge in [-0.15, -0.1) is 11.3 Å². The molecule has 0 bridgehead atoms. The first-order valence-corrected chi connectivity index (χ1v) is 9.09. The van der Waals surface area contributed by atoms with E-state index in [1.807, 2.05) is 55.2 Å². The van der Waals surface area contributed by atoms with Crippen molar-refractivity contribution in [1.29, 1.82) is 0 Å². The second kappa shape index (κ2) is 7.19. The van der Waals surface area contributed by atoms with Gasteiger partial charge in [-0.05, 0) is 30.7 Å². The van der Waals surface area contributed by atoms with E-state index in [0.29, 0.717) is 12.5 Å². The van der Waals surface area contributed by atoms with E-state index in [1.54, 1.807) is 11.1 Å². The Morgan fingerprint density at radius 2 is 2.00 bits per heavy atom. The van der Waals surface area contributed by atoms with E-state index in [1.165, 1.54) is 11.3 Å². The molecule has 0 N–H and O–H groups in total. The summed E-state index contributed by atoms with van der Waals surface area (Å²) in [5, 5.41) is 5.23. The number of hydrogen-bond acceptors (Lipinski definition) is 4. The summed E-state index contributed by atoms with van der Waals surface area (Å²) in [5.41, 5.74) is 2.90. The average Bonchev–Trinajstić information content (AvgIpc) is 3.24. The van der Waals surface area contributed by atoms with Crippen molar-refractivity contribution in [3.8, 4) is 5.69 Å². The number of aromatic nitrogens is 3. The van der Waals surface area contributed by atoms with Gasteiger partial charge in [-0.1, -0.05) is 26.0 Å². The van der Waals surface area contributed by atoms with Crippen molar-refractivity contribution < 1.29 is 4.79 Å². The smallest absolute Gasteiger partial charge is 0.265 e. The highest BCUT2D eigenvalue weighted by Gasteiger charge is 2.20. The molecule has 2 aromatic heterocycles. The van der Waals surface area contributed by atoms with Gasteiger partial charge in [0.1, 0.15) is 4.88 Å². The molecule has 0 aliphatic heterocycles.